The SMILES string of the molecule is CCCCCCCCC(CCCCCC)C(=O)OCCCCCCCCCN(CCCCO)CCCCCCCCCOC(=O)[C@H](CCCCCC)CCCCCCCC. The maximum absolute atomic E-state index is 12.9. The van der Waals surface area contributed by atoms with Crippen LogP contribution in [0.1, 0.15) is 285 Å². The van der Waals surface area contributed by atoms with Crippen LogP contribution < -0.4 is 0 Å². The number of carbonyl (C=O) groups is 2. The molecule has 0 bridgehead atoms. The van der Waals surface area contributed by atoms with Gasteiger partial charge in [0.1, 0.15) is 0 Å². The molecule has 0 aromatic heterocycles. The van der Waals surface area contributed by atoms with Crippen LogP contribution in [0.25, 0.3) is 0 Å². The van der Waals surface area contributed by atoms with Gasteiger partial charge in [0.2, 0.25) is 0 Å². The number of hydrogen-bond acceptors (Lipinski definition) is 6. The van der Waals surface area contributed by atoms with E-state index in [1.807, 2.05) is 0 Å². The maximum atomic E-state index is 12.9. The number of hydrogen-bond donors (Lipinski definition) is 1. The Morgan fingerprint density at radius 1 is 0.350 bits per heavy atom. The summed E-state index contributed by atoms with van der Waals surface area (Å²) in [6.45, 7) is 14.0. The number of aliphatic hydroxyl groups is 1. The van der Waals surface area contributed by atoms with Gasteiger partial charge in [-0.1, -0.05) is 220 Å². The van der Waals surface area contributed by atoms with Crippen LogP contribution >= 0.6 is 0 Å². The fraction of sp³-hybridized carbons (Fsp3) is 0.963. The zero-order valence-corrected chi connectivity index (χ0v) is 41.2. The van der Waals surface area contributed by atoms with Crippen LogP contribution in [0.15, 0.2) is 0 Å². The Morgan fingerprint density at radius 3 is 0.917 bits per heavy atom. The minimum absolute atomic E-state index is 0.0741. The molecule has 0 aliphatic carbocycles. The third-order valence-corrected chi connectivity index (χ3v) is 12.9. The molecule has 0 aliphatic rings. The van der Waals surface area contributed by atoms with E-state index in [1.54, 1.807) is 0 Å². The van der Waals surface area contributed by atoms with Crippen LogP contribution in [0.2, 0.25) is 0 Å². The number of rotatable bonds is 50. The highest BCUT2D eigenvalue weighted by Gasteiger charge is 2.20. The van der Waals surface area contributed by atoms with Gasteiger partial charge in [0.15, 0.2) is 0 Å². The molecule has 0 amide bonds. The van der Waals surface area contributed by atoms with Crippen molar-refractivity contribution in [3.63, 3.8) is 0 Å². The Bertz CT molecular complexity index is 803. The van der Waals surface area contributed by atoms with Crippen LogP contribution in [0.3, 0.4) is 0 Å². The molecule has 0 heterocycles. The van der Waals surface area contributed by atoms with Gasteiger partial charge >= 0.3 is 11.9 Å². The van der Waals surface area contributed by atoms with Gasteiger partial charge in [-0.15, -0.1) is 0 Å². The molecule has 2 atom stereocenters. The van der Waals surface area contributed by atoms with Gasteiger partial charge in [-0.25, -0.2) is 0 Å². The molecule has 1 N–H and O–H groups in total. The Hall–Kier alpha value is -1.14. The highest BCUT2D eigenvalue weighted by Crippen LogP contribution is 2.22. The summed E-state index contributed by atoms with van der Waals surface area (Å²) in [5, 5.41) is 9.33. The summed E-state index contributed by atoms with van der Waals surface area (Å²) < 4.78 is 11.6. The lowest BCUT2D eigenvalue weighted by molar-refractivity contribution is -0.150. The van der Waals surface area contributed by atoms with E-state index >= 15 is 0 Å². The predicted molar refractivity (Wildman–Crippen MR) is 260 cm³/mol. The van der Waals surface area contributed by atoms with Gasteiger partial charge in [0.05, 0.1) is 25.0 Å². The maximum Gasteiger partial charge on any atom is 0.308 e. The zero-order valence-electron chi connectivity index (χ0n) is 41.2. The lowest BCUT2D eigenvalue weighted by atomic mass is 9.94. The Balaban J connectivity index is 4.13. The highest BCUT2D eigenvalue weighted by atomic mass is 16.5. The lowest BCUT2D eigenvalue weighted by Crippen LogP contribution is -2.27. The molecule has 0 saturated heterocycles. The topological polar surface area (TPSA) is 76.1 Å². The van der Waals surface area contributed by atoms with Crippen molar-refractivity contribution in [3.8, 4) is 0 Å². The fourth-order valence-corrected chi connectivity index (χ4v) is 8.74. The minimum atomic E-state index is 0.0741. The van der Waals surface area contributed by atoms with E-state index in [-0.39, 0.29) is 23.8 Å². The lowest BCUT2D eigenvalue weighted by Gasteiger charge is -2.22. The molecule has 0 aliphatic heterocycles. The number of esters is 2. The van der Waals surface area contributed by atoms with Crippen LogP contribution in [0.5, 0.6) is 0 Å². The van der Waals surface area contributed by atoms with Crippen molar-refractivity contribution in [2.24, 2.45) is 11.8 Å². The summed E-state index contributed by atoms with van der Waals surface area (Å²) in [5.41, 5.74) is 0. The first-order valence-corrected chi connectivity index (χ1v) is 27.2. The largest absolute Gasteiger partial charge is 0.465 e. The van der Waals surface area contributed by atoms with Crippen molar-refractivity contribution in [1.29, 1.82) is 0 Å². The number of aliphatic hydroxyl groups excluding tert-OH is 1. The highest BCUT2D eigenvalue weighted by molar-refractivity contribution is 5.72. The summed E-state index contributed by atoms with van der Waals surface area (Å²) in [6.07, 6.45) is 48.2. The van der Waals surface area contributed by atoms with E-state index in [4.69, 9.17) is 9.47 Å². The normalized spacial score (nSPS) is 12.6. The first kappa shape index (κ1) is 58.9. The van der Waals surface area contributed by atoms with E-state index in [1.165, 1.54) is 193 Å². The second-order valence-electron chi connectivity index (χ2n) is 18.8. The van der Waals surface area contributed by atoms with Crippen LogP contribution in [0, 0.1) is 11.8 Å². The molecule has 6 heteroatoms. The van der Waals surface area contributed by atoms with Gasteiger partial charge in [0, 0.05) is 6.61 Å². The summed E-state index contributed by atoms with van der Waals surface area (Å²) in [5.74, 6) is 0.369. The summed E-state index contributed by atoms with van der Waals surface area (Å²) in [6, 6.07) is 0. The second kappa shape index (κ2) is 48.9. The van der Waals surface area contributed by atoms with E-state index in [9.17, 15) is 14.7 Å². The van der Waals surface area contributed by atoms with Gasteiger partial charge in [-0.3, -0.25) is 9.59 Å². The summed E-state index contributed by atoms with van der Waals surface area (Å²) >= 11 is 0. The first-order chi connectivity index (χ1) is 29.5. The van der Waals surface area contributed by atoms with Gasteiger partial charge < -0.3 is 19.5 Å². The van der Waals surface area contributed by atoms with Crippen molar-refractivity contribution in [1.82, 2.24) is 4.90 Å². The van der Waals surface area contributed by atoms with Crippen molar-refractivity contribution >= 4 is 11.9 Å². The Labute approximate surface area is 375 Å². The van der Waals surface area contributed by atoms with Crippen molar-refractivity contribution in [3.05, 3.63) is 0 Å². The molecular weight excluding hydrogens is 743 g/mol. The fourth-order valence-electron chi connectivity index (χ4n) is 8.74. The van der Waals surface area contributed by atoms with Crippen LogP contribution in [0.4, 0.5) is 0 Å². The monoisotopic (exact) mass is 850 g/mol. The number of unbranched alkanes of at least 4 members (excludes halogenated alkanes) is 29. The first-order valence-electron chi connectivity index (χ1n) is 27.2. The molecule has 60 heavy (non-hydrogen) atoms. The molecule has 1 unspecified atom stereocenters. The van der Waals surface area contributed by atoms with Gasteiger partial charge in [0.25, 0.3) is 0 Å². The van der Waals surface area contributed by atoms with Crippen LogP contribution in [-0.2, 0) is 19.1 Å². The van der Waals surface area contributed by atoms with E-state index < -0.39 is 0 Å². The van der Waals surface area contributed by atoms with Crippen molar-refractivity contribution < 1.29 is 24.2 Å². The molecule has 0 aromatic carbocycles. The minimum Gasteiger partial charge on any atom is -0.465 e. The quantitative estimate of drug-likeness (QED) is 0.0485. The van der Waals surface area contributed by atoms with E-state index in [0.29, 0.717) is 19.8 Å². The second-order valence-corrected chi connectivity index (χ2v) is 18.8. The standard InChI is InChI=1S/C54H107NO5/c1-5-9-13-17-25-33-43-51(41-31-15-11-7-3)53(57)59-49-39-29-23-19-21-27-35-45-55(47-37-38-48-56)46-36-28-22-20-24-30-40-50-60-54(58)52(42-32-16-12-8-4)44-34-26-18-14-10-6-2/h51-52,56H,5-50H2,1-4H3/t51-,52?/m1/s1. The predicted octanol–water partition coefficient (Wildman–Crippen LogP) is 16.3. The van der Waals surface area contributed by atoms with Gasteiger partial charge in [-0.05, 0) is 83.8 Å². The van der Waals surface area contributed by atoms with Crippen molar-refractivity contribution in [2.75, 3.05) is 39.5 Å². The molecular formula is C54H107NO5. The molecule has 0 radical (unpaired) electrons. The molecule has 0 aromatic rings. The molecule has 0 spiro atoms. The third-order valence-electron chi connectivity index (χ3n) is 12.9. The average molecular weight is 850 g/mol. The van der Waals surface area contributed by atoms with Crippen molar-refractivity contribution in [2.45, 2.75) is 285 Å². The van der Waals surface area contributed by atoms with E-state index in [0.717, 1.165) is 83.6 Å². The smallest absolute Gasteiger partial charge is 0.308 e. The van der Waals surface area contributed by atoms with Gasteiger partial charge in [-0.2, -0.15) is 0 Å². The van der Waals surface area contributed by atoms with E-state index in [2.05, 4.69) is 32.6 Å². The molecule has 0 saturated carbocycles. The molecule has 0 fully saturated rings. The third kappa shape index (κ3) is 40.9. The zero-order chi connectivity index (χ0) is 43.8. The Morgan fingerprint density at radius 2 is 0.600 bits per heavy atom. The average Bonchev–Trinajstić information content (AvgIpc) is 3.25. The van der Waals surface area contributed by atoms with Crippen LogP contribution in [-0.4, -0.2) is 61.4 Å². The molecule has 0 rings (SSSR count). The molecule has 6 nitrogen and oxygen atoms in total. The number of ether oxygens (including phenoxy) is 2. The summed E-state index contributed by atoms with van der Waals surface area (Å²) in [4.78, 5) is 28.5. The summed E-state index contributed by atoms with van der Waals surface area (Å²) in [7, 11) is 0. The number of carbonyl (C=O) groups excluding carboxylic acids is 2. The molecule has 358 valence electrons. The number of nitrogens with zero attached hydrogens (tertiary/aromatic N) is 1. The Kier molecular flexibility index (Phi) is 48.0.